The van der Waals surface area contributed by atoms with Crippen molar-refractivity contribution in [3.8, 4) is 5.75 Å². The molecule has 38 heavy (non-hydrogen) atoms. The molecule has 2 aromatic carbocycles. The number of halogens is 1. The van der Waals surface area contributed by atoms with Gasteiger partial charge in [-0.05, 0) is 73.7 Å². The number of benzene rings is 2. The van der Waals surface area contributed by atoms with Gasteiger partial charge >= 0.3 is 5.97 Å². The van der Waals surface area contributed by atoms with E-state index in [2.05, 4.69) is 0 Å². The van der Waals surface area contributed by atoms with Gasteiger partial charge in [0.05, 0.1) is 13.2 Å². The minimum Gasteiger partial charge on any atom is -0.494 e. The highest BCUT2D eigenvalue weighted by atomic mass is 32.1. The van der Waals surface area contributed by atoms with E-state index in [1.54, 1.807) is 6.92 Å². The van der Waals surface area contributed by atoms with E-state index in [4.69, 9.17) is 9.47 Å². The lowest BCUT2D eigenvalue weighted by Crippen LogP contribution is -2.46. The van der Waals surface area contributed by atoms with Crippen LogP contribution in [0.1, 0.15) is 49.0 Å². The van der Waals surface area contributed by atoms with Crippen LogP contribution in [0.5, 0.6) is 5.75 Å². The van der Waals surface area contributed by atoms with Crippen LogP contribution in [0.25, 0.3) is 0 Å². The number of rotatable bonds is 7. The molecule has 1 amide bonds. The fourth-order valence-corrected chi connectivity index (χ4v) is 6.31. The molecule has 0 N–H and O–H groups in total. The maximum atomic E-state index is 14.3. The van der Waals surface area contributed by atoms with Crippen LogP contribution >= 0.6 is 11.3 Å². The molecule has 0 radical (unpaired) electrons. The molecule has 6 nitrogen and oxygen atoms in total. The summed E-state index contributed by atoms with van der Waals surface area (Å²) in [5, 5.41) is 1.90. The number of thiophene rings is 1. The summed E-state index contributed by atoms with van der Waals surface area (Å²) in [6.07, 6.45) is 0.330. The molecule has 5 rings (SSSR count). The quantitative estimate of drug-likeness (QED) is 0.275. The number of Topliss-reactive ketones (excluding diaryl/α,β-unsaturated/α-hetero) is 1. The summed E-state index contributed by atoms with van der Waals surface area (Å²) in [6, 6.07) is 16.8. The van der Waals surface area contributed by atoms with Gasteiger partial charge < -0.3 is 9.47 Å². The Balaban J connectivity index is 1.68. The Kier molecular flexibility index (Phi) is 7.42. The van der Waals surface area contributed by atoms with Gasteiger partial charge in [0.1, 0.15) is 17.5 Å². The number of nitrogens with zero attached hydrogens (tertiary/aromatic N) is 1. The predicted molar refractivity (Wildman–Crippen MR) is 143 cm³/mol. The molecule has 2 aliphatic rings. The van der Waals surface area contributed by atoms with E-state index < -0.39 is 29.5 Å². The lowest BCUT2D eigenvalue weighted by atomic mass is 9.69. The summed E-state index contributed by atoms with van der Waals surface area (Å²) in [4.78, 5) is 43.6. The van der Waals surface area contributed by atoms with E-state index in [0.29, 0.717) is 35.7 Å². The van der Waals surface area contributed by atoms with Crippen molar-refractivity contribution >= 4 is 34.7 Å². The van der Waals surface area contributed by atoms with E-state index in [1.807, 2.05) is 48.7 Å². The standard InChI is InChI=1S/C30H28FNO5S/c1-3-36-21-13-7-18(8-14-21)22-17-26(33)32(20-11-9-19(31)10-12-20)24-16-23(25-6-5-15-38-25)28(29(34)27(22)24)30(35)37-4-2/h5-15,22-23,28H,3-4,16-17H2,1-2H3/t22-,23-,28+/m1/s1. The second-order valence-electron chi connectivity index (χ2n) is 9.24. The van der Waals surface area contributed by atoms with Crippen LogP contribution in [0.2, 0.25) is 0 Å². The number of esters is 1. The molecule has 1 aliphatic heterocycles. The van der Waals surface area contributed by atoms with Gasteiger partial charge in [0, 0.05) is 40.1 Å². The third-order valence-electron chi connectivity index (χ3n) is 7.05. The molecule has 0 unspecified atom stereocenters. The highest BCUT2D eigenvalue weighted by Gasteiger charge is 2.50. The summed E-state index contributed by atoms with van der Waals surface area (Å²) in [7, 11) is 0. The molecule has 8 heteroatoms. The average Bonchev–Trinajstić information content (AvgIpc) is 3.45. The highest BCUT2D eigenvalue weighted by Crippen LogP contribution is 2.50. The monoisotopic (exact) mass is 533 g/mol. The smallest absolute Gasteiger partial charge is 0.317 e. The first-order valence-electron chi connectivity index (χ1n) is 12.7. The van der Waals surface area contributed by atoms with E-state index in [-0.39, 0.29) is 24.7 Å². The molecule has 3 atom stereocenters. The second-order valence-corrected chi connectivity index (χ2v) is 10.2. The zero-order valence-electron chi connectivity index (χ0n) is 21.2. The fourth-order valence-electron chi connectivity index (χ4n) is 5.44. The van der Waals surface area contributed by atoms with Gasteiger partial charge in [0.25, 0.3) is 0 Å². The maximum absolute atomic E-state index is 14.3. The minimum atomic E-state index is -1.01. The van der Waals surface area contributed by atoms with Gasteiger partial charge in [-0.1, -0.05) is 18.2 Å². The molecule has 2 heterocycles. The molecule has 3 aromatic rings. The molecule has 0 spiro atoms. The number of allylic oxidation sites excluding steroid dienone is 2. The van der Waals surface area contributed by atoms with E-state index in [0.717, 1.165) is 10.4 Å². The maximum Gasteiger partial charge on any atom is 0.317 e. The normalized spacial score (nSPS) is 21.3. The summed E-state index contributed by atoms with van der Waals surface area (Å²) in [6.45, 7) is 4.30. The number of hydrogen-bond acceptors (Lipinski definition) is 6. The Morgan fingerprint density at radius 3 is 2.37 bits per heavy atom. The van der Waals surface area contributed by atoms with Crippen molar-refractivity contribution in [1.82, 2.24) is 0 Å². The molecule has 0 saturated heterocycles. The molecule has 1 aromatic heterocycles. The second kappa shape index (κ2) is 10.9. The van der Waals surface area contributed by atoms with Crippen molar-refractivity contribution in [1.29, 1.82) is 0 Å². The minimum absolute atomic E-state index is 0.0369. The van der Waals surface area contributed by atoms with Crippen molar-refractivity contribution in [3.05, 3.63) is 93.6 Å². The molecule has 1 aliphatic carbocycles. The van der Waals surface area contributed by atoms with Gasteiger partial charge in [0.2, 0.25) is 5.91 Å². The van der Waals surface area contributed by atoms with Crippen molar-refractivity contribution < 1.29 is 28.2 Å². The molecule has 0 bridgehead atoms. The Hall–Kier alpha value is -3.78. The molecule has 0 fully saturated rings. The average molecular weight is 534 g/mol. The van der Waals surface area contributed by atoms with E-state index >= 15 is 0 Å². The van der Waals surface area contributed by atoms with Crippen LogP contribution in [0, 0.1) is 11.7 Å². The summed E-state index contributed by atoms with van der Waals surface area (Å²) in [5.41, 5.74) is 2.26. The van der Waals surface area contributed by atoms with Gasteiger partial charge in [-0.15, -0.1) is 11.3 Å². The largest absolute Gasteiger partial charge is 0.494 e. The van der Waals surface area contributed by atoms with Crippen LogP contribution < -0.4 is 9.64 Å². The predicted octanol–water partition coefficient (Wildman–Crippen LogP) is 6.00. The Morgan fingerprint density at radius 1 is 1.00 bits per heavy atom. The zero-order valence-corrected chi connectivity index (χ0v) is 22.0. The molecule has 196 valence electrons. The fraction of sp³-hybridized carbons (Fsp3) is 0.300. The number of ether oxygens (including phenoxy) is 2. The molecule has 0 saturated carbocycles. The van der Waals surface area contributed by atoms with Crippen LogP contribution in [0.15, 0.2) is 77.3 Å². The topological polar surface area (TPSA) is 72.9 Å². The Labute approximate surface area is 224 Å². The Bertz CT molecular complexity index is 1360. The highest BCUT2D eigenvalue weighted by molar-refractivity contribution is 7.10. The number of hydrogen-bond donors (Lipinski definition) is 0. The van der Waals surface area contributed by atoms with Crippen LogP contribution in [0.4, 0.5) is 10.1 Å². The summed E-state index contributed by atoms with van der Waals surface area (Å²) < 4.78 is 24.7. The lowest BCUT2D eigenvalue weighted by molar-refractivity contribution is -0.152. The van der Waals surface area contributed by atoms with Gasteiger partial charge in [0.15, 0.2) is 5.78 Å². The van der Waals surface area contributed by atoms with E-state index in [9.17, 15) is 18.8 Å². The van der Waals surface area contributed by atoms with Crippen molar-refractivity contribution in [3.63, 3.8) is 0 Å². The van der Waals surface area contributed by atoms with Crippen LogP contribution in [0.3, 0.4) is 0 Å². The number of ketones is 1. The summed E-state index contributed by atoms with van der Waals surface area (Å²) in [5.74, 6) is -2.83. The zero-order chi connectivity index (χ0) is 26.8. The number of carbonyl (C=O) groups excluding carboxylic acids is 3. The van der Waals surface area contributed by atoms with Crippen molar-refractivity contribution in [2.45, 2.75) is 38.5 Å². The first-order chi connectivity index (χ1) is 18.4. The SMILES string of the molecule is CCOC(=O)[C@@H]1C(=O)C2=C(C[C@@H]1c1cccs1)N(c1ccc(F)cc1)C(=O)C[C@@H]2c1ccc(OCC)cc1. The number of carbonyl (C=O) groups is 3. The first kappa shape index (κ1) is 25.9. The van der Waals surface area contributed by atoms with Crippen LogP contribution in [-0.2, 0) is 19.1 Å². The third-order valence-corrected chi connectivity index (χ3v) is 8.05. The van der Waals surface area contributed by atoms with Gasteiger partial charge in [-0.3, -0.25) is 19.3 Å². The van der Waals surface area contributed by atoms with Gasteiger partial charge in [-0.2, -0.15) is 0 Å². The van der Waals surface area contributed by atoms with Crippen molar-refractivity contribution in [2.24, 2.45) is 5.92 Å². The van der Waals surface area contributed by atoms with Crippen LogP contribution in [-0.4, -0.2) is 30.9 Å². The number of anilines is 1. The molecular weight excluding hydrogens is 505 g/mol. The number of amides is 1. The molecular formula is C30H28FNO5S. The Morgan fingerprint density at radius 2 is 1.74 bits per heavy atom. The lowest BCUT2D eigenvalue weighted by Gasteiger charge is -2.42. The van der Waals surface area contributed by atoms with Crippen molar-refractivity contribution in [2.75, 3.05) is 18.1 Å². The van der Waals surface area contributed by atoms with E-state index in [1.165, 1.54) is 40.5 Å². The third kappa shape index (κ3) is 4.76. The van der Waals surface area contributed by atoms with Gasteiger partial charge in [-0.25, -0.2) is 4.39 Å². The first-order valence-corrected chi connectivity index (χ1v) is 13.6. The summed E-state index contributed by atoms with van der Waals surface area (Å²) >= 11 is 1.46.